The third kappa shape index (κ3) is 22.7. The highest BCUT2D eigenvalue weighted by Gasteiger charge is 1.95. The van der Waals surface area contributed by atoms with E-state index in [0.29, 0.717) is 0 Å². The van der Waals surface area contributed by atoms with Crippen molar-refractivity contribution < 1.29 is 9.90 Å². The Kier molecular flexibility index (Phi) is 15.3. The minimum atomic E-state index is -0.833. The summed E-state index contributed by atoms with van der Waals surface area (Å²) in [4.78, 5) is 9.00. The molecule has 0 amide bonds. The Balaban J connectivity index is 0. The van der Waals surface area contributed by atoms with Crippen LogP contribution in [0, 0.1) is 0 Å². The SMILES string of the molecule is C1CCCCC1.CC.CC(=O)O. The quantitative estimate of drug-likeness (QED) is 0.610. The molecule has 2 heteroatoms. The Bertz CT molecular complexity index is 70.3. The van der Waals surface area contributed by atoms with Crippen LogP contribution in [0.4, 0.5) is 0 Å². The molecule has 12 heavy (non-hydrogen) atoms. The van der Waals surface area contributed by atoms with Crippen LogP contribution in [-0.4, -0.2) is 11.1 Å². The van der Waals surface area contributed by atoms with E-state index in [0.717, 1.165) is 6.92 Å². The maximum absolute atomic E-state index is 9.00. The van der Waals surface area contributed by atoms with Crippen LogP contribution in [0.25, 0.3) is 0 Å². The van der Waals surface area contributed by atoms with Crippen molar-refractivity contribution in [2.75, 3.05) is 0 Å². The summed E-state index contributed by atoms with van der Waals surface area (Å²) in [5, 5.41) is 7.42. The lowest BCUT2D eigenvalue weighted by molar-refractivity contribution is -0.134. The number of aliphatic carboxylic acids is 1. The van der Waals surface area contributed by atoms with Crippen LogP contribution >= 0.6 is 0 Å². The summed E-state index contributed by atoms with van der Waals surface area (Å²) in [6.07, 6.45) is 9.00. The van der Waals surface area contributed by atoms with Crippen molar-refractivity contribution >= 4 is 5.97 Å². The van der Waals surface area contributed by atoms with Crippen molar-refractivity contribution in [1.29, 1.82) is 0 Å². The van der Waals surface area contributed by atoms with Crippen LogP contribution in [0.15, 0.2) is 0 Å². The third-order valence-corrected chi connectivity index (χ3v) is 1.50. The molecule has 1 rings (SSSR count). The second-order valence-corrected chi connectivity index (χ2v) is 2.64. The molecule has 0 atom stereocenters. The standard InChI is InChI=1S/C6H12.C2H4O2.C2H6/c1-2-4-6-5-3-1;1-2(3)4;1-2/h1-6H2;1H3,(H,3,4);1-2H3. The normalized spacial score (nSPS) is 14.6. The molecule has 1 aliphatic carbocycles. The van der Waals surface area contributed by atoms with Gasteiger partial charge < -0.3 is 5.11 Å². The summed E-state index contributed by atoms with van der Waals surface area (Å²) in [5.41, 5.74) is 0. The van der Waals surface area contributed by atoms with Gasteiger partial charge in [-0.05, 0) is 0 Å². The van der Waals surface area contributed by atoms with Gasteiger partial charge in [-0.25, -0.2) is 0 Å². The van der Waals surface area contributed by atoms with Gasteiger partial charge in [-0.15, -0.1) is 0 Å². The summed E-state index contributed by atoms with van der Waals surface area (Å²) in [6, 6.07) is 0. The lowest BCUT2D eigenvalue weighted by Crippen LogP contribution is -1.85. The van der Waals surface area contributed by atoms with Crippen molar-refractivity contribution in [3.63, 3.8) is 0 Å². The summed E-state index contributed by atoms with van der Waals surface area (Å²) < 4.78 is 0. The van der Waals surface area contributed by atoms with Crippen LogP contribution in [-0.2, 0) is 4.79 Å². The summed E-state index contributed by atoms with van der Waals surface area (Å²) in [7, 11) is 0. The van der Waals surface area contributed by atoms with E-state index in [2.05, 4.69) is 0 Å². The highest BCUT2D eigenvalue weighted by atomic mass is 16.4. The van der Waals surface area contributed by atoms with E-state index in [1.807, 2.05) is 13.8 Å². The van der Waals surface area contributed by atoms with Gasteiger partial charge in [-0.2, -0.15) is 0 Å². The molecule has 1 aliphatic rings. The molecule has 1 fully saturated rings. The van der Waals surface area contributed by atoms with Crippen molar-refractivity contribution in [1.82, 2.24) is 0 Å². The topological polar surface area (TPSA) is 37.3 Å². The monoisotopic (exact) mass is 174 g/mol. The van der Waals surface area contributed by atoms with Crippen molar-refractivity contribution in [2.24, 2.45) is 0 Å². The molecule has 0 aromatic heterocycles. The second-order valence-electron chi connectivity index (χ2n) is 2.64. The molecule has 0 aliphatic heterocycles. The smallest absolute Gasteiger partial charge is 0.300 e. The molecule has 1 saturated carbocycles. The predicted molar refractivity (Wildman–Crippen MR) is 52.4 cm³/mol. The number of carboxylic acid groups (broad SMARTS) is 1. The summed E-state index contributed by atoms with van der Waals surface area (Å²) >= 11 is 0. The minimum Gasteiger partial charge on any atom is -0.481 e. The molecule has 0 heterocycles. The van der Waals surface area contributed by atoms with E-state index in [-0.39, 0.29) is 0 Å². The maximum Gasteiger partial charge on any atom is 0.300 e. The summed E-state index contributed by atoms with van der Waals surface area (Å²) in [6.45, 7) is 5.08. The molecule has 0 saturated heterocycles. The first-order chi connectivity index (χ1) is 5.73. The summed E-state index contributed by atoms with van der Waals surface area (Å²) in [5.74, 6) is -0.833. The lowest BCUT2D eigenvalue weighted by Gasteiger charge is -2.05. The Morgan fingerprint density at radius 3 is 1.08 bits per heavy atom. The molecular formula is C10H22O2. The highest BCUT2D eigenvalue weighted by molar-refractivity contribution is 5.62. The van der Waals surface area contributed by atoms with Gasteiger partial charge in [0.15, 0.2) is 0 Å². The Morgan fingerprint density at radius 1 is 0.917 bits per heavy atom. The van der Waals surface area contributed by atoms with E-state index in [1.165, 1.54) is 38.5 Å². The number of hydrogen-bond donors (Lipinski definition) is 1. The third-order valence-electron chi connectivity index (χ3n) is 1.50. The zero-order valence-electron chi connectivity index (χ0n) is 8.60. The van der Waals surface area contributed by atoms with Gasteiger partial charge in [0.2, 0.25) is 0 Å². The first-order valence-electron chi connectivity index (χ1n) is 4.93. The van der Waals surface area contributed by atoms with Crippen molar-refractivity contribution in [3.05, 3.63) is 0 Å². The molecule has 0 radical (unpaired) electrons. The Hall–Kier alpha value is -0.530. The van der Waals surface area contributed by atoms with Gasteiger partial charge in [-0.1, -0.05) is 52.4 Å². The highest BCUT2D eigenvalue weighted by Crippen LogP contribution is 2.15. The number of carboxylic acids is 1. The zero-order chi connectivity index (χ0) is 9.82. The van der Waals surface area contributed by atoms with Crippen LogP contribution in [0.5, 0.6) is 0 Å². The number of carbonyl (C=O) groups is 1. The molecule has 2 nitrogen and oxygen atoms in total. The maximum atomic E-state index is 9.00. The second kappa shape index (κ2) is 13.1. The number of hydrogen-bond acceptors (Lipinski definition) is 1. The number of rotatable bonds is 0. The van der Waals surface area contributed by atoms with Gasteiger partial charge in [0.05, 0.1) is 0 Å². The predicted octanol–water partition coefficient (Wildman–Crippen LogP) is 3.46. The molecule has 0 bridgehead atoms. The van der Waals surface area contributed by atoms with E-state index >= 15 is 0 Å². The molecule has 0 aromatic carbocycles. The van der Waals surface area contributed by atoms with Crippen LogP contribution in [0.3, 0.4) is 0 Å². The van der Waals surface area contributed by atoms with Crippen molar-refractivity contribution in [3.8, 4) is 0 Å². The zero-order valence-corrected chi connectivity index (χ0v) is 8.60. The average Bonchev–Trinajstić information content (AvgIpc) is 2.10. The van der Waals surface area contributed by atoms with Crippen LogP contribution < -0.4 is 0 Å². The minimum absolute atomic E-state index is 0.833. The fraction of sp³-hybridized carbons (Fsp3) is 0.900. The molecule has 0 aromatic rings. The van der Waals surface area contributed by atoms with E-state index in [4.69, 9.17) is 9.90 Å². The van der Waals surface area contributed by atoms with Crippen molar-refractivity contribution in [2.45, 2.75) is 59.3 Å². The first-order valence-corrected chi connectivity index (χ1v) is 4.93. The van der Waals surface area contributed by atoms with Gasteiger partial charge in [0, 0.05) is 6.92 Å². The average molecular weight is 174 g/mol. The van der Waals surface area contributed by atoms with Gasteiger partial charge in [-0.3, -0.25) is 4.79 Å². The fourth-order valence-electron chi connectivity index (χ4n) is 1.06. The fourth-order valence-corrected chi connectivity index (χ4v) is 1.06. The van der Waals surface area contributed by atoms with Gasteiger partial charge in [0.25, 0.3) is 5.97 Å². The molecule has 1 N–H and O–H groups in total. The molecule has 0 unspecified atom stereocenters. The lowest BCUT2D eigenvalue weighted by atomic mass is 10.0. The van der Waals surface area contributed by atoms with E-state index in [1.54, 1.807) is 0 Å². The van der Waals surface area contributed by atoms with E-state index < -0.39 is 5.97 Å². The van der Waals surface area contributed by atoms with Crippen LogP contribution in [0.1, 0.15) is 59.3 Å². The molecule has 74 valence electrons. The molecule has 0 spiro atoms. The Labute approximate surface area is 76.0 Å². The van der Waals surface area contributed by atoms with Crippen LogP contribution in [0.2, 0.25) is 0 Å². The van der Waals surface area contributed by atoms with Gasteiger partial charge in [0.1, 0.15) is 0 Å². The molecular weight excluding hydrogens is 152 g/mol. The Morgan fingerprint density at radius 2 is 1.00 bits per heavy atom. The first kappa shape index (κ1) is 14.0. The van der Waals surface area contributed by atoms with E-state index in [9.17, 15) is 0 Å². The van der Waals surface area contributed by atoms with Gasteiger partial charge >= 0.3 is 0 Å². The largest absolute Gasteiger partial charge is 0.481 e.